The second kappa shape index (κ2) is 8.95. The molecule has 0 saturated heterocycles. The number of hydrogen-bond acceptors (Lipinski definition) is 4. The lowest BCUT2D eigenvalue weighted by molar-refractivity contribution is 0.102. The average molecular weight is 393 g/mol. The number of anilines is 1. The van der Waals surface area contributed by atoms with E-state index in [0.29, 0.717) is 28.9 Å². The molecule has 0 atom stereocenters. The van der Waals surface area contributed by atoms with Crippen molar-refractivity contribution >= 4 is 22.6 Å². The second-order valence-electron chi connectivity index (χ2n) is 6.95. The normalized spacial score (nSPS) is 10.9. The molecule has 0 spiro atoms. The van der Waals surface area contributed by atoms with E-state index in [1.165, 1.54) is 7.11 Å². The maximum atomic E-state index is 13.3. The molecule has 1 aromatic heterocycles. The van der Waals surface area contributed by atoms with Crippen LogP contribution in [0.1, 0.15) is 54.4 Å². The molecule has 5 nitrogen and oxygen atoms in total. The number of nitrogens with one attached hydrogen (secondary N) is 1. The molecular formula is C24H27NO4. The number of methoxy groups -OCH3 is 1. The number of ether oxygens (including phenoxy) is 1. The smallest absolute Gasteiger partial charge is 0.263 e. The Hall–Kier alpha value is -3.08. The fourth-order valence-corrected chi connectivity index (χ4v) is 3.56. The molecule has 0 aliphatic rings. The van der Waals surface area contributed by atoms with Gasteiger partial charge in [-0.1, -0.05) is 39.0 Å². The lowest BCUT2D eigenvalue weighted by Crippen LogP contribution is -2.25. The van der Waals surface area contributed by atoms with Gasteiger partial charge in [0.05, 0.1) is 12.5 Å². The number of aryl methyl sites for hydroxylation is 3. The number of rotatable bonds is 7. The van der Waals surface area contributed by atoms with Gasteiger partial charge >= 0.3 is 0 Å². The van der Waals surface area contributed by atoms with Gasteiger partial charge in [-0.05, 0) is 48.6 Å². The third-order valence-electron chi connectivity index (χ3n) is 5.11. The molecule has 152 valence electrons. The van der Waals surface area contributed by atoms with Crippen LogP contribution in [0.2, 0.25) is 0 Å². The molecule has 0 aliphatic carbocycles. The molecule has 1 amide bonds. The predicted octanol–water partition coefficient (Wildman–Crippen LogP) is 5.13. The summed E-state index contributed by atoms with van der Waals surface area (Å²) < 4.78 is 11.2. The number of para-hydroxylation sites is 1. The molecule has 0 fully saturated rings. The number of amides is 1. The van der Waals surface area contributed by atoms with Gasteiger partial charge in [0.25, 0.3) is 5.91 Å². The van der Waals surface area contributed by atoms with Crippen LogP contribution in [0.5, 0.6) is 5.75 Å². The van der Waals surface area contributed by atoms with E-state index in [9.17, 15) is 9.59 Å². The molecule has 1 heterocycles. The van der Waals surface area contributed by atoms with Crippen LogP contribution in [0.15, 0.2) is 45.6 Å². The van der Waals surface area contributed by atoms with Crippen LogP contribution >= 0.6 is 0 Å². The highest BCUT2D eigenvalue weighted by Crippen LogP contribution is 2.25. The van der Waals surface area contributed by atoms with Crippen LogP contribution in [0.3, 0.4) is 0 Å². The van der Waals surface area contributed by atoms with E-state index < -0.39 is 5.91 Å². The number of carbonyl (C=O) groups is 1. The summed E-state index contributed by atoms with van der Waals surface area (Å²) in [5.41, 5.74) is 3.07. The fourth-order valence-electron chi connectivity index (χ4n) is 3.56. The molecule has 29 heavy (non-hydrogen) atoms. The van der Waals surface area contributed by atoms with Crippen molar-refractivity contribution in [3.05, 3.63) is 69.1 Å². The van der Waals surface area contributed by atoms with E-state index in [0.717, 1.165) is 36.1 Å². The van der Waals surface area contributed by atoms with Gasteiger partial charge in [0.2, 0.25) is 5.43 Å². The standard InChI is InChI=1S/C24H27NO4/c1-5-9-20-21(23(26)18-14-17(28-4)12-13-19(18)29-20)24(27)25-22-15(6-2)10-8-11-16(22)7-3/h8,10-14H,5-7,9H2,1-4H3,(H,25,27). The van der Waals surface area contributed by atoms with Crippen LogP contribution in [0.4, 0.5) is 5.69 Å². The lowest BCUT2D eigenvalue weighted by Gasteiger charge is -2.15. The highest BCUT2D eigenvalue weighted by molar-refractivity contribution is 6.07. The van der Waals surface area contributed by atoms with E-state index in [1.807, 2.05) is 39.0 Å². The maximum Gasteiger partial charge on any atom is 0.263 e. The molecule has 0 radical (unpaired) electrons. The number of carbonyl (C=O) groups excluding carboxylic acids is 1. The summed E-state index contributed by atoms with van der Waals surface area (Å²) in [7, 11) is 1.54. The Kier molecular flexibility index (Phi) is 6.37. The molecule has 0 saturated carbocycles. The van der Waals surface area contributed by atoms with Gasteiger partial charge in [-0.3, -0.25) is 9.59 Å². The predicted molar refractivity (Wildman–Crippen MR) is 116 cm³/mol. The zero-order valence-electron chi connectivity index (χ0n) is 17.4. The Labute approximate surface area is 170 Å². The molecule has 0 bridgehead atoms. The molecule has 5 heteroatoms. The monoisotopic (exact) mass is 393 g/mol. The lowest BCUT2D eigenvalue weighted by atomic mass is 10.0. The van der Waals surface area contributed by atoms with Crippen molar-refractivity contribution in [3.8, 4) is 5.75 Å². The Bertz CT molecular complexity index is 1080. The maximum absolute atomic E-state index is 13.3. The number of hydrogen-bond donors (Lipinski definition) is 1. The highest BCUT2D eigenvalue weighted by Gasteiger charge is 2.22. The van der Waals surface area contributed by atoms with E-state index >= 15 is 0 Å². The summed E-state index contributed by atoms with van der Waals surface area (Å²) in [6, 6.07) is 11.0. The number of fused-ring (bicyclic) bond motifs is 1. The van der Waals surface area contributed by atoms with Crippen molar-refractivity contribution < 1.29 is 13.9 Å². The topological polar surface area (TPSA) is 68.5 Å². The van der Waals surface area contributed by atoms with Crippen molar-refractivity contribution in [2.75, 3.05) is 12.4 Å². The Morgan fingerprint density at radius 1 is 1.07 bits per heavy atom. The molecule has 3 rings (SSSR count). The third kappa shape index (κ3) is 4.04. The average Bonchev–Trinajstić information content (AvgIpc) is 2.74. The van der Waals surface area contributed by atoms with Crippen molar-refractivity contribution in [2.45, 2.75) is 46.5 Å². The zero-order valence-corrected chi connectivity index (χ0v) is 17.4. The minimum Gasteiger partial charge on any atom is -0.497 e. The zero-order chi connectivity index (χ0) is 21.0. The summed E-state index contributed by atoms with van der Waals surface area (Å²) >= 11 is 0. The van der Waals surface area contributed by atoms with Crippen LogP contribution in [-0.2, 0) is 19.3 Å². The van der Waals surface area contributed by atoms with Gasteiger partial charge in [0.15, 0.2) is 0 Å². The van der Waals surface area contributed by atoms with E-state index in [-0.39, 0.29) is 11.0 Å². The quantitative estimate of drug-likeness (QED) is 0.604. The number of benzene rings is 2. The summed E-state index contributed by atoms with van der Waals surface area (Å²) in [6.07, 6.45) is 2.84. The summed E-state index contributed by atoms with van der Waals surface area (Å²) in [5, 5.41) is 3.34. The highest BCUT2D eigenvalue weighted by atomic mass is 16.5. The van der Waals surface area contributed by atoms with Gasteiger partial charge < -0.3 is 14.5 Å². The summed E-state index contributed by atoms with van der Waals surface area (Å²) in [5.74, 6) is 0.534. The van der Waals surface area contributed by atoms with Crippen LogP contribution in [0.25, 0.3) is 11.0 Å². The van der Waals surface area contributed by atoms with Gasteiger partial charge in [0.1, 0.15) is 22.7 Å². The van der Waals surface area contributed by atoms with Gasteiger partial charge in [-0.25, -0.2) is 0 Å². The third-order valence-corrected chi connectivity index (χ3v) is 5.11. The first-order valence-electron chi connectivity index (χ1n) is 10.1. The van der Waals surface area contributed by atoms with Gasteiger partial charge in [0, 0.05) is 12.1 Å². The Morgan fingerprint density at radius 2 is 1.76 bits per heavy atom. The first-order valence-corrected chi connectivity index (χ1v) is 10.1. The van der Waals surface area contributed by atoms with E-state index in [1.54, 1.807) is 18.2 Å². The summed E-state index contributed by atoms with van der Waals surface area (Å²) in [4.78, 5) is 26.5. The van der Waals surface area contributed by atoms with Crippen molar-refractivity contribution in [1.29, 1.82) is 0 Å². The Morgan fingerprint density at radius 3 is 2.34 bits per heavy atom. The summed E-state index contributed by atoms with van der Waals surface area (Å²) in [6.45, 7) is 6.08. The molecule has 3 aromatic rings. The minimum atomic E-state index is -0.428. The van der Waals surface area contributed by atoms with Crippen molar-refractivity contribution in [2.24, 2.45) is 0 Å². The van der Waals surface area contributed by atoms with E-state index in [2.05, 4.69) is 5.32 Å². The SMILES string of the molecule is CCCc1oc2ccc(OC)cc2c(=O)c1C(=O)Nc1c(CC)cccc1CC. The van der Waals surface area contributed by atoms with Crippen LogP contribution in [-0.4, -0.2) is 13.0 Å². The second-order valence-corrected chi connectivity index (χ2v) is 6.95. The molecule has 0 aliphatic heterocycles. The first-order chi connectivity index (χ1) is 14.0. The Balaban J connectivity index is 2.15. The fraction of sp³-hybridized carbons (Fsp3) is 0.333. The van der Waals surface area contributed by atoms with E-state index in [4.69, 9.17) is 9.15 Å². The van der Waals surface area contributed by atoms with Gasteiger partial charge in [-0.2, -0.15) is 0 Å². The minimum absolute atomic E-state index is 0.0700. The molecular weight excluding hydrogens is 366 g/mol. The molecule has 0 unspecified atom stereocenters. The van der Waals surface area contributed by atoms with Crippen molar-refractivity contribution in [3.63, 3.8) is 0 Å². The first kappa shape index (κ1) is 20.6. The van der Waals surface area contributed by atoms with Crippen LogP contribution < -0.4 is 15.5 Å². The molecule has 1 N–H and O–H groups in total. The van der Waals surface area contributed by atoms with Crippen molar-refractivity contribution in [1.82, 2.24) is 0 Å². The largest absolute Gasteiger partial charge is 0.497 e. The van der Waals surface area contributed by atoms with Crippen LogP contribution in [0, 0.1) is 0 Å². The molecule has 2 aromatic carbocycles. The van der Waals surface area contributed by atoms with Gasteiger partial charge in [-0.15, -0.1) is 0 Å².